The topological polar surface area (TPSA) is 87.3 Å². The predicted molar refractivity (Wildman–Crippen MR) is 74.6 cm³/mol. The standard InChI is InChI=1S/C14H15N3O3/c1-7(18)15-10-6-8-2-4-11(19)16-13(8)14-9(10)3-5-12(20)17-14/h6H,2-5H2,1H3,(H,15,18)(H,16,19)(H,17,20). The Balaban J connectivity index is 2.15. The highest BCUT2D eigenvalue weighted by Crippen LogP contribution is 2.41. The lowest BCUT2D eigenvalue weighted by Crippen LogP contribution is -2.26. The molecule has 3 rings (SSSR count). The van der Waals surface area contributed by atoms with Gasteiger partial charge in [-0.25, -0.2) is 0 Å². The van der Waals surface area contributed by atoms with E-state index in [9.17, 15) is 14.4 Å². The van der Waals surface area contributed by atoms with Crippen molar-refractivity contribution in [1.82, 2.24) is 0 Å². The number of aryl methyl sites for hydroxylation is 1. The van der Waals surface area contributed by atoms with Crippen molar-refractivity contribution in [3.63, 3.8) is 0 Å². The zero-order chi connectivity index (χ0) is 14.3. The zero-order valence-electron chi connectivity index (χ0n) is 11.1. The summed E-state index contributed by atoms with van der Waals surface area (Å²) in [6.07, 6.45) is 1.96. The van der Waals surface area contributed by atoms with Crippen LogP contribution in [0.1, 0.15) is 30.9 Å². The summed E-state index contributed by atoms with van der Waals surface area (Å²) in [5, 5.41) is 8.45. The van der Waals surface area contributed by atoms with Gasteiger partial charge in [-0.2, -0.15) is 0 Å². The van der Waals surface area contributed by atoms with Gasteiger partial charge in [0.15, 0.2) is 0 Å². The van der Waals surface area contributed by atoms with Crippen LogP contribution >= 0.6 is 0 Å². The Kier molecular flexibility index (Phi) is 2.93. The molecule has 2 aliphatic rings. The number of carbonyl (C=O) groups excluding carboxylic acids is 3. The maximum atomic E-state index is 11.6. The van der Waals surface area contributed by atoms with Crippen molar-refractivity contribution < 1.29 is 14.4 Å². The minimum absolute atomic E-state index is 0.0493. The Bertz CT molecular complexity index is 637. The summed E-state index contributed by atoms with van der Waals surface area (Å²) in [4.78, 5) is 34.5. The Morgan fingerprint density at radius 2 is 1.70 bits per heavy atom. The van der Waals surface area contributed by atoms with E-state index in [-0.39, 0.29) is 17.7 Å². The molecule has 6 heteroatoms. The molecule has 0 spiro atoms. The monoisotopic (exact) mass is 273 g/mol. The molecular weight excluding hydrogens is 258 g/mol. The highest BCUT2D eigenvalue weighted by atomic mass is 16.2. The Morgan fingerprint density at radius 1 is 1.05 bits per heavy atom. The summed E-state index contributed by atoms with van der Waals surface area (Å²) in [7, 11) is 0. The summed E-state index contributed by atoms with van der Waals surface area (Å²) in [6, 6.07) is 1.90. The van der Waals surface area contributed by atoms with Crippen molar-refractivity contribution in [1.29, 1.82) is 0 Å². The van der Waals surface area contributed by atoms with Crippen LogP contribution in [0.4, 0.5) is 17.1 Å². The van der Waals surface area contributed by atoms with Crippen molar-refractivity contribution in [2.24, 2.45) is 0 Å². The zero-order valence-corrected chi connectivity index (χ0v) is 11.1. The van der Waals surface area contributed by atoms with Crippen LogP contribution in [0.5, 0.6) is 0 Å². The van der Waals surface area contributed by atoms with E-state index < -0.39 is 0 Å². The number of hydrogen-bond acceptors (Lipinski definition) is 3. The summed E-state index contributed by atoms with van der Waals surface area (Å²) < 4.78 is 0. The molecule has 0 saturated heterocycles. The molecule has 3 amide bonds. The van der Waals surface area contributed by atoms with Gasteiger partial charge in [0, 0.05) is 31.0 Å². The van der Waals surface area contributed by atoms with Gasteiger partial charge in [-0.3, -0.25) is 14.4 Å². The van der Waals surface area contributed by atoms with Gasteiger partial charge in [-0.05, 0) is 24.5 Å². The number of anilines is 3. The van der Waals surface area contributed by atoms with Crippen molar-refractivity contribution in [3.05, 3.63) is 17.2 Å². The van der Waals surface area contributed by atoms with Crippen LogP contribution in [-0.4, -0.2) is 17.7 Å². The van der Waals surface area contributed by atoms with Crippen LogP contribution in [0, 0.1) is 0 Å². The van der Waals surface area contributed by atoms with Crippen molar-refractivity contribution in [2.45, 2.75) is 32.6 Å². The lowest BCUT2D eigenvalue weighted by Gasteiger charge is -2.28. The minimum atomic E-state index is -0.149. The quantitative estimate of drug-likeness (QED) is 0.723. The van der Waals surface area contributed by atoms with E-state index >= 15 is 0 Å². The maximum absolute atomic E-state index is 11.6. The largest absolute Gasteiger partial charge is 0.326 e. The van der Waals surface area contributed by atoms with E-state index in [4.69, 9.17) is 0 Å². The van der Waals surface area contributed by atoms with Crippen LogP contribution in [0.2, 0.25) is 0 Å². The number of amides is 3. The van der Waals surface area contributed by atoms with Crippen LogP contribution in [0.15, 0.2) is 6.07 Å². The molecule has 0 aliphatic carbocycles. The van der Waals surface area contributed by atoms with E-state index in [0.717, 1.165) is 16.8 Å². The molecule has 6 nitrogen and oxygen atoms in total. The molecule has 0 aromatic heterocycles. The van der Waals surface area contributed by atoms with Crippen LogP contribution in [-0.2, 0) is 27.2 Å². The van der Waals surface area contributed by atoms with E-state index in [2.05, 4.69) is 16.0 Å². The Morgan fingerprint density at radius 3 is 2.40 bits per heavy atom. The molecule has 0 bridgehead atoms. The van der Waals surface area contributed by atoms with Gasteiger partial charge in [-0.1, -0.05) is 0 Å². The third-order valence-corrected chi connectivity index (χ3v) is 3.58. The second kappa shape index (κ2) is 4.63. The number of carbonyl (C=O) groups is 3. The number of hydrogen-bond donors (Lipinski definition) is 3. The van der Waals surface area contributed by atoms with E-state index in [1.54, 1.807) is 0 Å². The number of rotatable bonds is 1. The summed E-state index contributed by atoms with van der Waals surface area (Å²) >= 11 is 0. The molecule has 1 aromatic carbocycles. The molecule has 0 atom stereocenters. The summed E-state index contributed by atoms with van der Waals surface area (Å²) in [6.45, 7) is 1.45. The molecular formula is C14H15N3O3. The SMILES string of the molecule is CC(=O)Nc1cc2c(c3c1CCC(=O)N3)NC(=O)CC2. The second-order valence-corrected chi connectivity index (χ2v) is 5.09. The molecule has 1 aromatic rings. The van der Waals surface area contributed by atoms with Crippen LogP contribution < -0.4 is 16.0 Å². The van der Waals surface area contributed by atoms with Crippen LogP contribution in [0.25, 0.3) is 0 Å². The number of benzene rings is 1. The molecule has 0 radical (unpaired) electrons. The first-order chi connectivity index (χ1) is 9.54. The molecule has 0 unspecified atom stereocenters. The normalized spacial score (nSPS) is 16.6. The van der Waals surface area contributed by atoms with Crippen molar-refractivity contribution in [3.8, 4) is 0 Å². The third kappa shape index (κ3) is 2.13. The fraction of sp³-hybridized carbons (Fsp3) is 0.357. The predicted octanol–water partition coefficient (Wildman–Crippen LogP) is 1.41. The Labute approximate surface area is 115 Å². The fourth-order valence-electron chi connectivity index (χ4n) is 2.71. The van der Waals surface area contributed by atoms with E-state index in [1.807, 2.05) is 6.07 Å². The van der Waals surface area contributed by atoms with Gasteiger partial charge < -0.3 is 16.0 Å². The average molecular weight is 273 g/mol. The summed E-state index contributed by atoms with van der Waals surface area (Å²) in [5.74, 6) is -0.268. The van der Waals surface area contributed by atoms with Gasteiger partial charge in [-0.15, -0.1) is 0 Å². The first-order valence-corrected chi connectivity index (χ1v) is 6.60. The average Bonchev–Trinajstić information content (AvgIpc) is 2.39. The molecule has 2 aliphatic heterocycles. The smallest absolute Gasteiger partial charge is 0.224 e. The van der Waals surface area contributed by atoms with Gasteiger partial charge in [0.25, 0.3) is 0 Å². The molecule has 2 heterocycles. The minimum Gasteiger partial charge on any atom is -0.326 e. The number of nitrogens with one attached hydrogen (secondary N) is 3. The molecule has 20 heavy (non-hydrogen) atoms. The lowest BCUT2D eigenvalue weighted by molar-refractivity contribution is -0.117. The lowest BCUT2D eigenvalue weighted by atomic mass is 9.92. The van der Waals surface area contributed by atoms with Crippen molar-refractivity contribution in [2.75, 3.05) is 16.0 Å². The Hall–Kier alpha value is -2.37. The van der Waals surface area contributed by atoms with Gasteiger partial charge >= 0.3 is 0 Å². The molecule has 104 valence electrons. The first-order valence-electron chi connectivity index (χ1n) is 6.60. The van der Waals surface area contributed by atoms with Gasteiger partial charge in [0.05, 0.1) is 11.4 Å². The second-order valence-electron chi connectivity index (χ2n) is 5.09. The van der Waals surface area contributed by atoms with Crippen LogP contribution in [0.3, 0.4) is 0 Å². The molecule has 0 saturated carbocycles. The first kappa shape index (κ1) is 12.7. The molecule has 0 fully saturated rings. The van der Waals surface area contributed by atoms with Gasteiger partial charge in [0.1, 0.15) is 0 Å². The number of fused-ring (bicyclic) bond motifs is 3. The fourth-order valence-corrected chi connectivity index (χ4v) is 2.71. The maximum Gasteiger partial charge on any atom is 0.224 e. The van der Waals surface area contributed by atoms with Gasteiger partial charge in [0.2, 0.25) is 17.7 Å². The van der Waals surface area contributed by atoms with E-state index in [0.29, 0.717) is 37.1 Å². The highest BCUT2D eigenvalue weighted by Gasteiger charge is 2.27. The summed E-state index contributed by atoms with van der Waals surface area (Å²) in [5.41, 5.74) is 3.85. The molecule has 3 N–H and O–H groups in total. The highest BCUT2D eigenvalue weighted by molar-refractivity contribution is 6.06. The van der Waals surface area contributed by atoms with Crippen molar-refractivity contribution >= 4 is 34.8 Å². The third-order valence-electron chi connectivity index (χ3n) is 3.58. The van der Waals surface area contributed by atoms with E-state index in [1.165, 1.54) is 6.92 Å².